The normalized spacial score (nSPS) is 11.1. The zero-order valence-corrected chi connectivity index (χ0v) is 24.7. The summed E-state index contributed by atoms with van der Waals surface area (Å²) >= 11 is 0. The molecule has 0 saturated heterocycles. The largest absolute Gasteiger partial charge is 0.488 e. The maximum absolute atomic E-state index is 5.79. The Morgan fingerprint density at radius 2 is 0.842 bits per heavy atom. The highest BCUT2D eigenvalue weighted by Gasteiger charge is 2.17. The maximum atomic E-state index is 5.79. The number of aryl methyl sites for hydroxylation is 3. The summed E-state index contributed by atoms with van der Waals surface area (Å²) < 4.78 is 11.5. The molecule has 38 heavy (non-hydrogen) atoms. The molecule has 3 nitrogen and oxygen atoms in total. The van der Waals surface area contributed by atoms with E-state index in [1.165, 1.54) is 38.9 Å². The standard InChI is InChI=1S/C15H14O.C14H13NO.3C2H6/c1-10-3-5-13-12(7-10)9-16-15-8-11(2)4-6-14(13)15;1-9-2-4-13-12-5-3-11(15)7-10(12)8-16-14(13)6-9;3*1-2/h3-8H,9H2,1-2H3;2-7H,8,15H2,1H3;3*1-2H3. The summed E-state index contributed by atoms with van der Waals surface area (Å²) in [5.41, 5.74) is 17.7. The minimum atomic E-state index is 0.608. The van der Waals surface area contributed by atoms with Gasteiger partial charge in [-0.25, -0.2) is 0 Å². The van der Waals surface area contributed by atoms with E-state index in [-0.39, 0.29) is 0 Å². The van der Waals surface area contributed by atoms with Crippen LogP contribution in [0, 0.1) is 20.8 Å². The molecule has 0 unspecified atom stereocenters. The molecule has 2 aliphatic heterocycles. The molecule has 0 spiro atoms. The van der Waals surface area contributed by atoms with E-state index >= 15 is 0 Å². The molecule has 0 saturated carbocycles. The summed E-state index contributed by atoms with van der Waals surface area (Å²) in [5.74, 6) is 1.98. The first-order valence-corrected chi connectivity index (χ1v) is 13.9. The first-order valence-electron chi connectivity index (χ1n) is 13.9. The fourth-order valence-corrected chi connectivity index (χ4v) is 4.35. The second-order valence-electron chi connectivity index (χ2n) is 8.65. The third kappa shape index (κ3) is 7.19. The quantitative estimate of drug-likeness (QED) is 0.239. The number of nitrogens with two attached hydrogens (primary N) is 1. The van der Waals surface area contributed by atoms with Crippen LogP contribution in [0.25, 0.3) is 22.3 Å². The first-order chi connectivity index (χ1) is 18.5. The number of fused-ring (bicyclic) bond motifs is 6. The van der Waals surface area contributed by atoms with Gasteiger partial charge in [0.25, 0.3) is 0 Å². The Kier molecular flexibility index (Phi) is 11.9. The van der Waals surface area contributed by atoms with E-state index in [2.05, 4.69) is 81.4 Å². The Labute approximate surface area is 230 Å². The fourth-order valence-electron chi connectivity index (χ4n) is 4.35. The smallest absolute Gasteiger partial charge is 0.127 e. The van der Waals surface area contributed by atoms with E-state index in [0.717, 1.165) is 28.3 Å². The van der Waals surface area contributed by atoms with Crippen molar-refractivity contribution in [3.05, 3.63) is 101 Å². The van der Waals surface area contributed by atoms with Crippen LogP contribution in [0.1, 0.15) is 69.4 Å². The molecule has 6 rings (SSSR count). The van der Waals surface area contributed by atoms with Crippen molar-refractivity contribution in [1.29, 1.82) is 0 Å². The van der Waals surface area contributed by atoms with Crippen LogP contribution >= 0.6 is 0 Å². The first kappa shape index (κ1) is 30.5. The van der Waals surface area contributed by atoms with Crippen LogP contribution in [-0.4, -0.2) is 0 Å². The molecule has 0 bridgehead atoms. The Morgan fingerprint density at radius 3 is 1.32 bits per heavy atom. The molecule has 0 amide bonds. The molecule has 4 aromatic rings. The predicted molar refractivity (Wildman–Crippen MR) is 165 cm³/mol. The summed E-state index contributed by atoms with van der Waals surface area (Å²) in [6.45, 7) is 19.6. The molecule has 3 heteroatoms. The van der Waals surface area contributed by atoms with Gasteiger partial charge in [-0.1, -0.05) is 95.6 Å². The Hall–Kier alpha value is -3.72. The number of benzene rings is 4. The van der Waals surface area contributed by atoms with Crippen LogP contribution < -0.4 is 15.2 Å². The van der Waals surface area contributed by atoms with Gasteiger partial charge in [0.05, 0.1) is 0 Å². The van der Waals surface area contributed by atoms with E-state index in [1.807, 2.05) is 53.7 Å². The number of anilines is 1. The lowest BCUT2D eigenvalue weighted by molar-refractivity contribution is 0.302. The number of rotatable bonds is 0. The number of nitrogen functional groups attached to an aromatic ring is 1. The molecule has 0 fully saturated rings. The van der Waals surface area contributed by atoms with Gasteiger partial charge in [0.15, 0.2) is 0 Å². The van der Waals surface area contributed by atoms with Crippen LogP contribution in [0.3, 0.4) is 0 Å². The number of ether oxygens (including phenoxy) is 2. The van der Waals surface area contributed by atoms with Gasteiger partial charge in [0, 0.05) is 16.8 Å². The van der Waals surface area contributed by atoms with E-state index < -0.39 is 0 Å². The molecular weight excluding hydrogens is 466 g/mol. The Bertz CT molecular complexity index is 1120. The van der Waals surface area contributed by atoms with Gasteiger partial charge in [-0.05, 0) is 78.4 Å². The van der Waals surface area contributed by atoms with Gasteiger partial charge < -0.3 is 15.2 Å². The molecule has 4 aromatic carbocycles. The SMILES string of the molecule is CC.CC.CC.Cc1ccc2c(c1)COc1cc(C)ccc1-2.Cc1ccc2c(c1)OCc1cc(N)ccc1-2. The minimum absolute atomic E-state index is 0.608. The van der Waals surface area contributed by atoms with Gasteiger partial charge in [-0.3, -0.25) is 0 Å². The molecule has 2 aliphatic rings. The van der Waals surface area contributed by atoms with E-state index in [9.17, 15) is 0 Å². The predicted octanol–water partition coefficient (Wildman–Crippen LogP) is 10.1. The zero-order valence-electron chi connectivity index (χ0n) is 24.7. The second-order valence-corrected chi connectivity index (χ2v) is 8.65. The molecule has 0 atom stereocenters. The van der Waals surface area contributed by atoms with Crippen molar-refractivity contribution >= 4 is 5.69 Å². The average molecular weight is 512 g/mol. The maximum Gasteiger partial charge on any atom is 0.127 e. The summed E-state index contributed by atoms with van der Waals surface area (Å²) in [7, 11) is 0. The summed E-state index contributed by atoms with van der Waals surface area (Å²) in [6, 6.07) is 25.2. The summed E-state index contributed by atoms with van der Waals surface area (Å²) in [5, 5.41) is 0. The van der Waals surface area contributed by atoms with Gasteiger partial charge in [-0.2, -0.15) is 0 Å². The highest BCUT2D eigenvalue weighted by molar-refractivity contribution is 5.77. The number of hydrogen-bond acceptors (Lipinski definition) is 3. The van der Waals surface area contributed by atoms with E-state index in [4.69, 9.17) is 15.2 Å². The lowest BCUT2D eigenvalue weighted by Gasteiger charge is -2.21. The second kappa shape index (κ2) is 14.9. The van der Waals surface area contributed by atoms with Crippen LogP contribution in [0.4, 0.5) is 5.69 Å². The van der Waals surface area contributed by atoms with Crippen molar-refractivity contribution < 1.29 is 9.47 Å². The molecular formula is C35H45NO2. The average Bonchev–Trinajstić information content (AvgIpc) is 2.96. The topological polar surface area (TPSA) is 44.5 Å². The van der Waals surface area contributed by atoms with E-state index in [1.54, 1.807) is 0 Å². The number of hydrogen-bond donors (Lipinski definition) is 1. The van der Waals surface area contributed by atoms with Crippen LogP contribution in [0.5, 0.6) is 11.5 Å². The zero-order chi connectivity index (χ0) is 28.2. The van der Waals surface area contributed by atoms with Crippen molar-refractivity contribution in [1.82, 2.24) is 0 Å². The molecule has 0 aliphatic carbocycles. The monoisotopic (exact) mass is 511 g/mol. The minimum Gasteiger partial charge on any atom is -0.488 e. The van der Waals surface area contributed by atoms with Crippen molar-refractivity contribution in [2.75, 3.05) is 5.73 Å². The Balaban J connectivity index is 0.000000224. The Morgan fingerprint density at radius 1 is 0.474 bits per heavy atom. The molecule has 0 radical (unpaired) electrons. The van der Waals surface area contributed by atoms with Crippen LogP contribution in [0.2, 0.25) is 0 Å². The highest BCUT2D eigenvalue weighted by atomic mass is 16.5. The van der Waals surface area contributed by atoms with Gasteiger partial charge >= 0.3 is 0 Å². The third-order valence-corrected chi connectivity index (χ3v) is 6.01. The summed E-state index contributed by atoms with van der Waals surface area (Å²) in [4.78, 5) is 0. The molecule has 2 N–H and O–H groups in total. The third-order valence-electron chi connectivity index (χ3n) is 6.01. The summed E-state index contributed by atoms with van der Waals surface area (Å²) in [6.07, 6.45) is 0. The van der Waals surface area contributed by atoms with Gasteiger partial charge in [-0.15, -0.1) is 0 Å². The molecule has 2 heterocycles. The lowest BCUT2D eigenvalue weighted by atomic mass is 9.95. The molecule has 0 aromatic heterocycles. The van der Waals surface area contributed by atoms with Crippen molar-refractivity contribution in [2.24, 2.45) is 0 Å². The highest BCUT2D eigenvalue weighted by Crippen LogP contribution is 2.39. The van der Waals surface area contributed by atoms with Crippen molar-refractivity contribution in [3.63, 3.8) is 0 Å². The van der Waals surface area contributed by atoms with E-state index in [0.29, 0.717) is 13.2 Å². The fraction of sp³-hybridized carbons (Fsp3) is 0.314. The van der Waals surface area contributed by atoms with Gasteiger partial charge in [0.2, 0.25) is 0 Å². The van der Waals surface area contributed by atoms with Gasteiger partial charge in [0.1, 0.15) is 24.7 Å². The lowest BCUT2D eigenvalue weighted by Crippen LogP contribution is -2.06. The van der Waals surface area contributed by atoms with Crippen LogP contribution in [0.15, 0.2) is 72.8 Å². The molecule has 202 valence electrons. The van der Waals surface area contributed by atoms with Crippen LogP contribution in [-0.2, 0) is 13.2 Å². The van der Waals surface area contributed by atoms with Crippen molar-refractivity contribution in [3.8, 4) is 33.8 Å². The van der Waals surface area contributed by atoms with Crippen molar-refractivity contribution in [2.45, 2.75) is 75.5 Å².